The lowest BCUT2D eigenvalue weighted by Crippen LogP contribution is -2.29. The summed E-state index contributed by atoms with van der Waals surface area (Å²) < 4.78 is 0. The summed E-state index contributed by atoms with van der Waals surface area (Å²) in [6.45, 7) is 2.72. The van der Waals surface area contributed by atoms with Gasteiger partial charge in [0.05, 0.1) is 0 Å². The van der Waals surface area contributed by atoms with Gasteiger partial charge in [0.25, 0.3) is 0 Å². The van der Waals surface area contributed by atoms with Gasteiger partial charge in [0.1, 0.15) is 0 Å². The van der Waals surface area contributed by atoms with Crippen molar-refractivity contribution < 1.29 is 4.79 Å². The predicted molar refractivity (Wildman–Crippen MR) is 71.3 cm³/mol. The molecule has 2 N–H and O–H groups in total. The minimum Gasteiger partial charge on any atom is -0.338 e. The Morgan fingerprint density at radius 1 is 1.12 bits per heavy atom. The Labute approximate surface area is 101 Å². The minimum absolute atomic E-state index is 0.151. The van der Waals surface area contributed by atoms with E-state index in [2.05, 4.69) is 16.7 Å². The number of amides is 2. The fourth-order valence-electron chi connectivity index (χ4n) is 1.68. The molecule has 0 heterocycles. The van der Waals surface area contributed by atoms with Crippen LogP contribution in [0.1, 0.15) is 13.3 Å². The third-order valence-corrected chi connectivity index (χ3v) is 2.54. The summed E-state index contributed by atoms with van der Waals surface area (Å²) in [6, 6.07) is 13.8. The average molecular weight is 228 g/mol. The molecule has 0 saturated heterocycles. The number of carbonyl (C=O) groups excluding carboxylic acids is 1. The first-order valence-corrected chi connectivity index (χ1v) is 5.83. The molecule has 0 aliphatic rings. The van der Waals surface area contributed by atoms with Crippen molar-refractivity contribution in [2.24, 2.45) is 0 Å². The smallest absolute Gasteiger partial charge is 0.319 e. The summed E-state index contributed by atoms with van der Waals surface area (Å²) >= 11 is 0. The number of urea groups is 1. The highest BCUT2D eigenvalue weighted by atomic mass is 16.2. The van der Waals surface area contributed by atoms with Crippen LogP contribution in [0.3, 0.4) is 0 Å². The SMILES string of the molecule is CCCNC(=O)Nc1ccc2ccccc2c1. The molecule has 2 rings (SSSR count). The van der Waals surface area contributed by atoms with Crippen molar-refractivity contribution in [1.29, 1.82) is 0 Å². The van der Waals surface area contributed by atoms with Crippen LogP contribution < -0.4 is 10.6 Å². The molecule has 2 aromatic rings. The van der Waals surface area contributed by atoms with Crippen LogP contribution in [-0.2, 0) is 0 Å². The lowest BCUT2D eigenvalue weighted by molar-refractivity contribution is 0.252. The number of hydrogen-bond donors (Lipinski definition) is 2. The van der Waals surface area contributed by atoms with E-state index in [1.807, 2.05) is 43.3 Å². The minimum atomic E-state index is -0.151. The number of carbonyl (C=O) groups is 1. The molecule has 0 spiro atoms. The van der Waals surface area contributed by atoms with Gasteiger partial charge in [-0.3, -0.25) is 0 Å². The van der Waals surface area contributed by atoms with Crippen molar-refractivity contribution in [3.05, 3.63) is 42.5 Å². The first kappa shape index (κ1) is 11.5. The van der Waals surface area contributed by atoms with E-state index < -0.39 is 0 Å². The lowest BCUT2D eigenvalue weighted by atomic mass is 10.1. The maximum Gasteiger partial charge on any atom is 0.319 e. The zero-order chi connectivity index (χ0) is 12.1. The van der Waals surface area contributed by atoms with Crippen molar-refractivity contribution in [3.63, 3.8) is 0 Å². The van der Waals surface area contributed by atoms with Crippen LogP contribution in [0.15, 0.2) is 42.5 Å². The van der Waals surface area contributed by atoms with Gasteiger partial charge in [-0.2, -0.15) is 0 Å². The number of anilines is 1. The van der Waals surface area contributed by atoms with E-state index in [-0.39, 0.29) is 6.03 Å². The molecule has 0 aliphatic heterocycles. The maximum atomic E-state index is 11.5. The van der Waals surface area contributed by atoms with E-state index in [0.717, 1.165) is 17.5 Å². The Kier molecular flexibility index (Phi) is 3.60. The molecular formula is C14H16N2O. The van der Waals surface area contributed by atoms with E-state index in [1.165, 1.54) is 5.39 Å². The molecular weight excluding hydrogens is 212 g/mol. The lowest BCUT2D eigenvalue weighted by Gasteiger charge is -2.07. The van der Waals surface area contributed by atoms with E-state index >= 15 is 0 Å². The molecule has 0 saturated carbocycles. The highest BCUT2D eigenvalue weighted by Crippen LogP contribution is 2.18. The molecule has 2 aromatic carbocycles. The second-order valence-corrected chi connectivity index (χ2v) is 3.94. The standard InChI is InChI=1S/C14H16N2O/c1-2-9-15-14(17)16-13-8-7-11-5-3-4-6-12(11)10-13/h3-8,10H,2,9H2,1H3,(H2,15,16,17). The largest absolute Gasteiger partial charge is 0.338 e. The average Bonchev–Trinajstić information content (AvgIpc) is 2.36. The highest BCUT2D eigenvalue weighted by Gasteiger charge is 2.00. The Hall–Kier alpha value is -2.03. The number of rotatable bonds is 3. The molecule has 0 fully saturated rings. The number of nitrogens with one attached hydrogen (secondary N) is 2. The van der Waals surface area contributed by atoms with Gasteiger partial charge in [0.15, 0.2) is 0 Å². The first-order chi connectivity index (χ1) is 8.29. The van der Waals surface area contributed by atoms with Gasteiger partial charge in [-0.1, -0.05) is 37.3 Å². The van der Waals surface area contributed by atoms with Crippen molar-refractivity contribution in [2.75, 3.05) is 11.9 Å². The van der Waals surface area contributed by atoms with Gasteiger partial charge in [-0.15, -0.1) is 0 Å². The Bertz CT molecular complexity index is 522. The van der Waals surface area contributed by atoms with Gasteiger partial charge in [-0.05, 0) is 29.3 Å². The maximum absolute atomic E-state index is 11.5. The Morgan fingerprint density at radius 3 is 2.65 bits per heavy atom. The molecule has 2 amide bonds. The van der Waals surface area contributed by atoms with Crippen LogP contribution in [0.5, 0.6) is 0 Å². The zero-order valence-electron chi connectivity index (χ0n) is 9.86. The van der Waals surface area contributed by atoms with Crippen LogP contribution in [0.25, 0.3) is 10.8 Å². The normalized spacial score (nSPS) is 10.2. The molecule has 0 unspecified atom stereocenters. The summed E-state index contributed by atoms with van der Waals surface area (Å²) in [5.74, 6) is 0. The van der Waals surface area contributed by atoms with Crippen molar-refractivity contribution in [2.45, 2.75) is 13.3 Å². The summed E-state index contributed by atoms with van der Waals surface area (Å²) in [5.41, 5.74) is 0.817. The van der Waals surface area contributed by atoms with E-state index in [4.69, 9.17) is 0 Å². The molecule has 0 bridgehead atoms. The van der Waals surface area contributed by atoms with Crippen LogP contribution in [0.4, 0.5) is 10.5 Å². The monoisotopic (exact) mass is 228 g/mol. The van der Waals surface area contributed by atoms with E-state index in [0.29, 0.717) is 6.54 Å². The fourth-order valence-corrected chi connectivity index (χ4v) is 1.68. The molecule has 0 radical (unpaired) electrons. The summed E-state index contributed by atoms with van der Waals surface area (Å²) in [5, 5.41) is 7.90. The Balaban J connectivity index is 2.11. The first-order valence-electron chi connectivity index (χ1n) is 5.83. The quantitative estimate of drug-likeness (QED) is 0.830. The number of hydrogen-bond acceptors (Lipinski definition) is 1. The van der Waals surface area contributed by atoms with Crippen molar-refractivity contribution >= 4 is 22.5 Å². The predicted octanol–water partition coefficient (Wildman–Crippen LogP) is 3.37. The second-order valence-electron chi connectivity index (χ2n) is 3.94. The molecule has 3 nitrogen and oxygen atoms in total. The molecule has 0 aromatic heterocycles. The van der Waals surface area contributed by atoms with Gasteiger partial charge < -0.3 is 10.6 Å². The van der Waals surface area contributed by atoms with Crippen molar-refractivity contribution in [3.8, 4) is 0 Å². The summed E-state index contributed by atoms with van der Waals surface area (Å²) in [4.78, 5) is 11.5. The zero-order valence-corrected chi connectivity index (χ0v) is 9.86. The van der Waals surface area contributed by atoms with Crippen molar-refractivity contribution in [1.82, 2.24) is 5.32 Å². The van der Waals surface area contributed by atoms with Gasteiger partial charge >= 0.3 is 6.03 Å². The van der Waals surface area contributed by atoms with Gasteiger partial charge in [-0.25, -0.2) is 4.79 Å². The van der Waals surface area contributed by atoms with Gasteiger partial charge in [0.2, 0.25) is 0 Å². The van der Waals surface area contributed by atoms with Crippen LogP contribution in [0.2, 0.25) is 0 Å². The van der Waals surface area contributed by atoms with E-state index in [9.17, 15) is 4.79 Å². The fraction of sp³-hybridized carbons (Fsp3) is 0.214. The Morgan fingerprint density at radius 2 is 1.88 bits per heavy atom. The second kappa shape index (κ2) is 5.34. The molecule has 88 valence electrons. The third kappa shape index (κ3) is 2.97. The molecule has 3 heteroatoms. The van der Waals surface area contributed by atoms with Crippen LogP contribution in [-0.4, -0.2) is 12.6 Å². The number of benzene rings is 2. The van der Waals surface area contributed by atoms with Crippen LogP contribution >= 0.6 is 0 Å². The topological polar surface area (TPSA) is 41.1 Å². The molecule has 0 aliphatic carbocycles. The highest BCUT2D eigenvalue weighted by molar-refractivity contribution is 5.93. The number of fused-ring (bicyclic) bond motifs is 1. The third-order valence-electron chi connectivity index (χ3n) is 2.54. The summed E-state index contributed by atoms with van der Waals surface area (Å²) in [7, 11) is 0. The van der Waals surface area contributed by atoms with E-state index in [1.54, 1.807) is 0 Å². The molecule has 0 atom stereocenters. The molecule has 17 heavy (non-hydrogen) atoms. The van der Waals surface area contributed by atoms with Gasteiger partial charge in [0, 0.05) is 12.2 Å². The summed E-state index contributed by atoms with van der Waals surface area (Å²) in [6.07, 6.45) is 0.936. The van der Waals surface area contributed by atoms with Crippen LogP contribution in [0, 0.1) is 0 Å².